The van der Waals surface area contributed by atoms with Crippen LogP contribution in [-0.2, 0) is 0 Å². The highest BCUT2D eigenvalue weighted by Crippen LogP contribution is 2.39. The maximum atomic E-state index is 6.54. The summed E-state index contributed by atoms with van der Waals surface area (Å²) in [7, 11) is 0. The zero-order valence-electron chi connectivity index (χ0n) is 15.8. The maximum Gasteiger partial charge on any atom is 0.227 e. The van der Waals surface area contributed by atoms with Crippen molar-refractivity contribution >= 4 is 45.2 Å². The van der Waals surface area contributed by atoms with E-state index >= 15 is 0 Å². The van der Waals surface area contributed by atoms with Crippen LogP contribution in [0.2, 0.25) is 5.02 Å². The van der Waals surface area contributed by atoms with E-state index < -0.39 is 0 Å². The van der Waals surface area contributed by atoms with E-state index in [9.17, 15) is 0 Å². The van der Waals surface area contributed by atoms with Gasteiger partial charge in [0.2, 0.25) is 5.95 Å². The zero-order valence-corrected chi connectivity index (χ0v) is 17.3. The first-order valence-electron chi connectivity index (χ1n) is 9.59. The van der Waals surface area contributed by atoms with Crippen LogP contribution >= 0.6 is 23.2 Å². The highest BCUT2D eigenvalue weighted by atomic mass is 35.5. The number of nitrogens with two attached hydrogens (primary N) is 1. The van der Waals surface area contributed by atoms with Crippen LogP contribution in [-0.4, -0.2) is 33.8 Å². The van der Waals surface area contributed by atoms with Gasteiger partial charge in [0.1, 0.15) is 5.17 Å². The first kappa shape index (κ1) is 19.4. The van der Waals surface area contributed by atoms with Crippen molar-refractivity contribution in [3.05, 3.63) is 40.8 Å². The fourth-order valence-corrected chi connectivity index (χ4v) is 4.09. The summed E-state index contributed by atoms with van der Waals surface area (Å²) in [5.74, 6) is 0.877. The molecule has 2 fully saturated rings. The summed E-state index contributed by atoms with van der Waals surface area (Å²) < 4.78 is 0. The van der Waals surface area contributed by atoms with Gasteiger partial charge in [-0.3, -0.25) is 4.99 Å². The molecule has 6 nitrogen and oxygen atoms in total. The molecule has 28 heavy (non-hydrogen) atoms. The van der Waals surface area contributed by atoms with Gasteiger partial charge in [-0.1, -0.05) is 23.2 Å². The molecule has 2 aliphatic rings. The summed E-state index contributed by atoms with van der Waals surface area (Å²) in [6, 6.07) is 4.02. The molecule has 0 bridgehead atoms. The molecule has 8 heteroatoms. The lowest BCUT2D eigenvalue weighted by atomic mass is 9.89. The Kier molecular flexibility index (Phi) is 5.45. The molecule has 4 rings (SSSR count). The molecular weight excluding hydrogens is 395 g/mol. The van der Waals surface area contributed by atoms with Crippen LogP contribution in [0.15, 0.2) is 35.2 Å². The van der Waals surface area contributed by atoms with E-state index in [-0.39, 0.29) is 5.54 Å². The Morgan fingerprint density at radius 2 is 2.11 bits per heavy atom. The average molecular weight is 419 g/mol. The van der Waals surface area contributed by atoms with Crippen LogP contribution in [0.3, 0.4) is 0 Å². The highest BCUT2D eigenvalue weighted by Gasteiger charge is 2.37. The lowest BCUT2D eigenvalue weighted by Gasteiger charge is -2.24. The second kappa shape index (κ2) is 7.85. The number of allylic oxidation sites excluding steroid dienone is 1. The van der Waals surface area contributed by atoms with Crippen LogP contribution in [0, 0.1) is 0 Å². The van der Waals surface area contributed by atoms with Crippen molar-refractivity contribution in [2.24, 2.45) is 10.7 Å². The van der Waals surface area contributed by atoms with Gasteiger partial charge >= 0.3 is 0 Å². The molecule has 0 radical (unpaired) electrons. The lowest BCUT2D eigenvalue weighted by molar-refractivity contribution is 0.461. The van der Waals surface area contributed by atoms with E-state index in [1.54, 1.807) is 6.20 Å². The van der Waals surface area contributed by atoms with E-state index in [0.717, 1.165) is 60.3 Å². The summed E-state index contributed by atoms with van der Waals surface area (Å²) in [5, 5.41) is 8.50. The normalized spacial score (nSPS) is 20.4. The number of anilines is 1. The van der Waals surface area contributed by atoms with Crippen molar-refractivity contribution in [1.82, 2.24) is 15.3 Å². The van der Waals surface area contributed by atoms with Crippen LogP contribution in [0.5, 0.6) is 0 Å². The maximum absolute atomic E-state index is 6.54. The number of nitrogens with zero attached hydrogens (tertiary/aromatic N) is 3. The number of nitrogens with one attached hydrogen (secondary N) is 2. The largest absolute Gasteiger partial charge is 0.403 e. The van der Waals surface area contributed by atoms with Gasteiger partial charge in [0, 0.05) is 22.8 Å². The van der Waals surface area contributed by atoms with Gasteiger partial charge in [0.15, 0.2) is 0 Å². The number of piperidine rings is 1. The van der Waals surface area contributed by atoms with Crippen molar-refractivity contribution in [3.8, 4) is 0 Å². The molecule has 1 saturated carbocycles. The van der Waals surface area contributed by atoms with Crippen LogP contribution in [0.4, 0.5) is 5.95 Å². The fraction of sp³-hybridized carbons (Fsp3) is 0.450. The number of halogens is 2. The molecule has 4 N–H and O–H groups in total. The Morgan fingerprint density at radius 1 is 1.36 bits per heavy atom. The minimum Gasteiger partial charge on any atom is -0.403 e. The Balaban J connectivity index is 1.61. The number of aliphatic imine (C=N–C) groups is 1. The van der Waals surface area contributed by atoms with E-state index in [2.05, 4.69) is 38.6 Å². The molecular formula is C20H24Cl2N6. The summed E-state index contributed by atoms with van der Waals surface area (Å²) in [6.07, 6.45) is 7.37. The van der Waals surface area contributed by atoms with Crippen molar-refractivity contribution in [3.63, 3.8) is 0 Å². The van der Waals surface area contributed by atoms with Gasteiger partial charge in [0.05, 0.1) is 16.8 Å². The SMILES string of the molecule is CC1(N=C(Cl)/C(=C\N)Nc2ncc3cc(Cl)c(C4CCNCC4)cc3n2)CC1. The number of rotatable bonds is 5. The predicted molar refractivity (Wildman–Crippen MR) is 116 cm³/mol. The number of aromatic nitrogens is 2. The minimum atomic E-state index is -0.0717. The van der Waals surface area contributed by atoms with Gasteiger partial charge in [-0.2, -0.15) is 0 Å². The minimum absolute atomic E-state index is 0.0717. The van der Waals surface area contributed by atoms with Crippen LogP contribution in [0.25, 0.3) is 10.9 Å². The van der Waals surface area contributed by atoms with Crippen molar-refractivity contribution < 1.29 is 0 Å². The van der Waals surface area contributed by atoms with Crippen molar-refractivity contribution in [1.29, 1.82) is 0 Å². The lowest BCUT2D eigenvalue weighted by Crippen LogP contribution is -2.26. The third kappa shape index (κ3) is 4.24. The van der Waals surface area contributed by atoms with Crippen LogP contribution in [0.1, 0.15) is 44.1 Å². The summed E-state index contributed by atoms with van der Waals surface area (Å²) in [5.41, 5.74) is 8.17. The molecule has 1 aromatic heterocycles. The second-order valence-corrected chi connectivity index (χ2v) is 8.52. The van der Waals surface area contributed by atoms with E-state index in [1.165, 1.54) is 6.20 Å². The molecule has 1 saturated heterocycles. The molecule has 148 valence electrons. The predicted octanol–water partition coefficient (Wildman–Crippen LogP) is 4.15. The molecule has 0 amide bonds. The second-order valence-electron chi connectivity index (χ2n) is 7.76. The molecule has 1 aliphatic heterocycles. The fourth-order valence-electron chi connectivity index (χ4n) is 3.45. The zero-order chi connectivity index (χ0) is 19.7. The van der Waals surface area contributed by atoms with E-state index in [4.69, 9.17) is 28.9 Å². The summed E-state index contributed by atoms with van der Waals surface area (Å²) in [6.45, 7) is 4.09. The quantitative estimate of drug-likeness (QED) is 0.634. The van der Waals surface area contributed by atoms with Gasteiger partial charge in [0.25, 0.3) is 0 Å². The topological polar surface area (TPSA) is 88.2 Å². The van der Waals surface area contributed by atoms with Gasteiger partial charge in [-0.15, -0.1) is 0 Å². The smallest absolute Gasteiger partial charge is 0.227 e. The van der Waals surface area contributed by atoms with Crippen molar-refractivity contribution in [2.45, 2.75) is 44.1 Å². The van der Waals surface area contributed by atoms with Gasteiger partial charge in [-0.05, 0) is 69.3 Å². The Morgan fingerprint density at radius 3 is 2.79 bits per heavy atom. The Bertz CT molecular complexity index is 945. The third-order valence-corrected chi connectivity index (χ3v) is 6.07. The first-order chi connectivity index (χ1) is 13.5. The molecule has 2 heterocycles. The molecule has 1 aromatic carbocycles. The van der Waals surface area contributed by atoms with Crippen molar-refractivity contribution in [2.75, 3.05) is 18.4 Å². The average Bonchev–Trinajstić information content (AvgIpc) is 3.42. The molecule has 0 unspecified atom stereocenters. The van der Waals surface area contributed by atoms with E-state index in [0.29, 0.717) is 22.7 Å². The standard InChI is InChI=1S/C20H24Cl2N6/c1-20(4-5-20)28-18(22)17(10-23)27-19-25-11-13-8-15(21)14(9-16(13)26-19)12-2-6-24-7-3-12/h8-12,24H,2-7,23H2,1H3,(H,25,26,27)/b17-10+,28-18?. The third-order valence-electron chi connectivity index (χ3n) is 5.45. The highest BCUT2D eigenvalue weighted by molar-refractivity contribution is 6.69. The van der Waals surface area contributed by atoms with E-state index in [1.807, 2.05) is 6.07 Å². The van der Waals surface area contributed by atoms with Gasteiger partial charge < -0.3 is 16.4 Å². The molecule has 1 aliphatic carbocycles. The monoisotopic (exact) mass is 418 g/mol. The number of hydrogen-bond donors (Lipinski definition) is 3. The first-order valence-corrected chi connectivity index (χ1v) is 10.3. The molecule has 0 spiro atoms. The number of fused-ring (bicyclic) bond motifs is 1. The van der Waals surface area contributed by atoms with Crippen LogP contribution < -0.4 is 16.4 Å². The molecule has 0 atom stereocenters. The number of benzene rings is 1. The summed E-state index contributed by atoms with van der Waals surface area (Å²) >= 11 is 12.9. The Labute approximate surface area is 174 Å². The Hall–Kier alpha value is -1.89. The molecule has 2 aromatic rings. The number of hydrogen-bond acceptors (Lipinski definition) is 6. The van der Waals surface area contributed by atoms with Gasteiger partial charge in [-0.25, -0.2) is 9.97 Å². The summed E-state index contributed by atoms with van der Waals surface area (Å²) in [4.78, 5) is 13.5.